The van der Waals surface area contributed by atoms with Gasteiger partial charge >= 0.3 is 5.97 Å². The van der Waals surface area contributed by atoms with Crippen LogP contribution in [0.15, 0.2) is 64.6 Å². The van der Waals surface area contributed by atoms with Crippen molar-refractivity contribution in [3.8, 4) is 0 Å². The van der Waals surface area contributed by atoms with Gasteiger partial charge in [-0.05, 0) is 42.0 Å². The van der Waals surface area contributed by atoms with Crippen molar-refractivity contribution in [3.05, 3.63) is 65.7 Å². The summed E-state index contributed by atoms with van der Waals surface area (Å²) in [6.07, 6.45) is 4.27. The van der Waals surface area contributed by atoms with Gasteiger partial charge in [-0.25, -0.2) is 8.42 Å². The average molecular weight is 429 g/mol. The first-order valence-electron chi connectivity index (χ1n) is 10.2. The van der Waals surface area contributed by atoms with E-state index in [2.05, 4.69) is 12.0 Å². The molecule has 0 bridgehead atoms. The van der Waals surface area contributed by atoms with Crippen LogP contribution in [0, 0.1) is 5.92 Å². The molecule has 1 heterocycles. The number of benzene rings is 2. The van der Waals surface area contributed by atoms with Crippen LogP contribution >= 0.6 is 0 Å². The summed E-state index contributed by atoms with van der Waals surface area (Å²) < 4.78 is 31.8. The second kappa shape index (κ2) is 9.43. The van der Waals surface area contributed by atoms with Gasteiger partial charge in [-0.15, -0.1) is 0 Å². The number of ether oxygens (including phenoxy) is 1. The molecule has 0 radical (unpaired) electrons. The number of hydrogen-bond donors (Lipinski definition) is 1. The third-order valence-corrected chi connectivity index (χ3v) is 7.69. The number of cyclic esters (lactones) is 1. The van der Waals surface area contributed by atoms with Crippen molar-refractivity contribution in [3.63, 3.8) is 0 Å². The molecule has 1 saturated heterocycles. The molecular weight excluding hydrogens is 400 g/mol. The number of nitrogens with two attached hydrogens (primary N) is 1. The van der Waals surface area contributed by atoms with Crippen molar-refractivity contribution in [1.82, 2.24) is 0 Å². The number of carbonyl (C=O) groups is 1. The zero-order valence-corrected chi connectivity index (χ0v) is 18.0. The van der Waals surface area contributed by atoms with E-state index in [4.69, 9.17) is 10.6 Å². The van der Waals surface area contributed by atoms with Crippen molar-refractivity contribution in [2.45, 2.75) is 42.9 Å². The molecule has 0 spiro atoms. The Balaban J connectivity index is 2.05. The summed E-state index contributed by atoms with van der Waals surface area (Å²) >= 11 is 0. The highest BCUT2D eigenvalue weighted by Gasteiger charge is 2.51. The molecule has 0 amide bonds. The number of sulfone groups is 1. The summed E-state index contributed by atoms with van der Waals surface area (Å²) in [6, 6.07) is 15.8. The zero-order valence-electron chi connectivity index (χ0n) is 17.2. The van der Waals surface area contributed by atoms with Crippen LogP contribution in [0.2, 0.25) is 0 Å². The molecule has 1 aliphatic heterocycles. The highest BCUT2D eigenvalue weighted by Crippen LogP contribution is 2.44. The van der Waals surface area contributed by atoms with Gasteiger partial charge in [0.2, 0.25) is 0 Å². The van der Waals surface area contributed by atoms with Gasteiger partial charge < -0.3 is 10.6 Å². The Morgan fingerprint density at radius 3 is 2.50 bits per heavy atom. The molecule has 1 aliphatic rings. The van der Waals surface area contributed by atoms with E-state index in [-0.39, 0.29) is 29.1 Å². The smallest absolute Gasteiger partial charge is 0.316 e. The van der Waals surface area contributed by atoms with Gasteiger partial charge in [-0.2, -0.15) is 5.10 Å². The number of carbonyl (C=O) groups excluding carboxylic acids is 1. The SMILES string of the molecule is CCCCC1(c2ccc(C=NN)cc2)C(=O)OCCC1CS(=O)(=O)c1ccccc1. The van der Waals surface area contributed by atoms with E-state index >= 15 is 0 Å². The van der Waals surface area contributed by atoms with E-state index in [1.54, 1.807) is 30.3 Å². The third kappa shape index (κ3) is 4.41. The molecule has 0 aromatic heterocycles. The molecule has 0 saturated carbocycles. The zero-order chi connectivity index (χ0) is 21.6. The summed E-state index contributed by atoms with van der Waals surface area (Å²) in [4.78, 5) is 13.5. The Labute approximate surface area is 178 Å². The Morgan fingerprint density at radius 2 is 1.87 bits per heavy atom. The van der Waals surface area contributed by atoms with Crippen LogP contribution in [-0.2, 0) is 24.8 Å². The number of hydrogen-bond acceptors (Lipinski definition) is 6. The van der Waals surface area contributed by atoms with Crippen LogP contribution in [0.25, 0.3) is 0 Å². The first kappa shape index (κ1) is 22.0. The number of esters is 1. The molecule has 2 aromatic carbocycles. The van der Waals surface area contributed by atoms with E-state index in [1.165, 1.54) is 6.21 Å². The second-order valence-corrected chi connectivity index (χ2v) is 9.73. The van der Waals surface area contributed by atoms with Crippen molar-refractivity contribution in [2.75, 3.05) is 12.4 Å². The molecule has 6 nitrogen and oxygen atoms in total. The summed E-state index contributed by atoms with van der Waals surface area (Å²) in [5.74, 6) is 4.43. The van der Waals surface area contributed by atoms with Crippen LogP contribution in [0.5, 0.6) is 0 Å². The minimum atomic E-state index is -3.55. The minimum Gasteiger partial charge on any atom is -0.465 e. The topological polar surface area (TPSA) is 98.8 Å². The normalized spacial score (nSPS) is 22.2. The monoisotopic (exact) mass is 428 g/mol. The number of rotatable bonds is 8. The summed E-state index contributed by atoms with van der Waals surface area (Å²) in [7, 11) is -3.55. The highest BCUT2D eigenvalue weighted by molar-refractivity contribution is 7.91. The van der Waals surface area contributed by atoms with E-state index in [1.807, 2.05) is 24.3 Å². The maximum atomic E-state index is 13.2. The lowest BCUT2D eigenvalue weighted by Crippen LogP contribution is -2.50. The van der Waals surface area contributed by atoms with Crippen molar-refractivity contribution >= 4 is 22.0 Å². The molecular formula is C23H28N2O4S. The Kier molecular flexibility index (Phi) is 6.92. The predicted molar refractivity (Wildman–Crippen MR) is 117 cm³/mol. The Bertz CT molecular complexity index is 988. The lowest BCUT2D eigenvalue weighted by atomic mass is 9.65. The molecule has 160 valence electrons. The van der Waals surface area contributed by atoms with Crippen molar-refractivity contribution in [1.29, 1.82) is 0 Å². The van der Waals surface area contributed by atoms with Crippen molar-refractivity contribution in [2.24, 2.45) is 16.9 Å². The fourth-order valence-electron chi connectivity index (χ4n) is 4.26. The quantitative estimate of drug-likeness (QED) is 0.300. The van der Waals surface area contributed by atoms with Gasteiger partial charge in [0.1, 0.15) is 0 Å². The van der Waals surface area contributed by atoms with E-state index in [0.29, 0.717) is 12.8 Å². The van der Waals surface area contributed by atoms with Gasteiger partial charge in [-0.3, -0.25) is 4.79 Å². The fourth-order valence-corrected chi connectivity index (χ4v) is 6.01. The molecule has 2 N–H and O–H groups in total. The van der Waals surface area contributed by atoms with E-state index < -0.39 is 15.3 Å². The molecule has 0 aliphatic carbocycles. The molecule has 1 fully saturated rings. The van der Waals surface area contributed by atoms with Crippen molar-refractivity contribution < 1.29 is 17.9 Å². The van der Waals surface area contributed by atoms with Gasteiger partial charge in [0.05, 0.1) is 28.9 Å². The third-order valence-electron chi connectivity index (χ3n) is 5.86. The van der Waals surface area contributed by atoms with Gasteiger partial charge in [0, 0.05) is 0 Å². The number of hydrazone groups is 1. The van der Waals surface area contributed by atoms with Crippen LogP contribution < -0.4 is 5.84 Å². The standard InChI is InChI=1S/C23H28N2O4S/c1-2-3-14-23(19-11-9-18(10-12-19)16-25-24)20(13-15-29-22(23)26)17-30(27,28)21-7-5-4-6-8-21/h4-12,16,20H,2-3,13-15,17,24H2,1H3. The van der Waals surface area contributed by atoms with Crippen LogP contribution in [0.1, 0.15) is 43.7 Å². The average Bonchev–Trinajstić information content (AvgIpc) is 2.75. The minimum absolute atomic E-state index is 0.0954. The molecule has 7 heteroatoms. The lowest BCUT2D eigenvalue weighted by molar-refractivity contribution is -0.160. The second-order valence-electron chi connectivity index (χ2n) is 7.69. The summed E-state index contributed by atoms with van der Waals surface area (Å²) in [5, 5.41) is 3.53. The first-order valence-corrected chi connectivity index (χ1v) is 11.9. The molecule has 2 aromatic rings. The largest absolute Gasteiger partial charge is 0.465 e. The van der Waals surface area contributed by atoms with E-state index in [0.717, 1.165) is 24.0 Å². The van der Waals surface area contributed by atoms with E-state index in [9.17, 15) is 13.2 Å². The Morgan fingerprint density at radius 1 is 1.17 bits per heavy atom. The van der Waals surface area contributed by atoms with Crippen LogP contribution in [-0.4, -0.2) is 33.0 Å². The molecule has 3 rings (SSSR count). The van der Waals surface area contributed by atoms with Crippen LogP contribution in [0.3, 0.4) is 0 Å². The summed E-state index contributed by atoms with van der Waals surface area (Å²) in [6.45, 7) is 2.29. The highest BCUT2D eigenvalue weighted by atomic mass is 32.2. The van der Waals surface area contributed by atoms with Gasteiger partial charge in [0.25, 0.3) is 0 Å². The van der Waals surface area contributed by atoms with Gasteiger partial charge in [0.15, 0.2) is 9.84 Å². The number of nitrogens with zero attached hydrogens (tertiary/aromatic N) is 1. The molecule has 30 heavy (non-hydrogen) atoms. The maximum absolute atomic E-state index is 13.2. The van der Waals surface area contributed by atoms with Crippen LogP contribution in [0.4, 0.5) is 0 Å². The lowest BCUT2D eigenvalue weighted by Gasteiger charge is -2.42. The predicted octanol–water partition coefficient (Wildman–Crippen LogP) is 3.44. The molecule has 2 unspecified atom stereocenters. The summed E-state index contributed by atoms with van der Waals surface area (Å²) in [5.41, 5.74) is 0.599. The Hall–Kier alpha value is -2.67. The fraction of sp³-hybridized carbons (Fsp3) is 0.391. The molecule has 2 atom stereocenters. The number of unbranched alkanes of at least 4 members (excludes halogenated alkanes) is 1. The van der Waals surface area contributed by atoms with Gasteiger partial charge in [-0.1, -0.05) is 62.2 Å². The first-order chi connectivity index (χ1) is 14.4. The maximum Gasteiger partial charge on any atom is 0.316 e.